The van der Waals surface area contributed by atoms with Gasteiger partial charge in [-0.05, 0) is 32.4 Å². The van der Waals surface area contributed by atoms with Crippen molar-refractivity contribution in [1.29, 1.82) is 0 Å². The van der Waals surface area contributed by atoms with Crippen molar-refractivity contribution in [3.63, 3.8) is 0 Å². The van der Waals surface area contributed by atoms with Crippen molar-refractivity contribution < 1.29 is 9.47 Å². The third-order valence-corrected chi connectivity index (χ3v) is 5.70. The molecule has 1 aliphatic heterocycles. The Labute approximate surface area is 166 Å². The predicted octanol–water partition coefficient (Wildman–Crippen LogP) is 4.45. The quantitative estimate of drug-likeness (QED) is 0.513. The Morgan fingerprint density at radius 1 is 1.14 bits per heavy atom. The van der Waals surface area contributed by atoms with E-state index in [1.807, 2.05) is 24.3 Å². The maximum absolute atomic E-state index is 6.05. The molecule has 0 amide bonds. The van der Waals surface area contributed by atoms with Gasteiger partial charge in [-0.3, -0.25) is 0 Å². The second-order valence-electron chi connectivity index (χ2n) is 7.59. The summed E-state index contributed by atoms with van der Waals surface area (Å²) >= 11 is 1.52. The van der Waals surface area contributed by atoms with Crippen LogP contribution < -0.4 is 9.47 Å². The number of para-hydroxylation sites is 1. The van der Waals surface area contributed by atoms with E-state index in [1.165, 1.54) is 22.5 Å². The first kappa shape index (κ1) is 17.2. The average molecular weight is 392 g/mol. The van der Waals surface area contributed by atoms with E-state index in [0.29, 0.717) is 5.82 Å². The van der Waals surface area contributed by atoms with Gasteiger partial charge in [-0.15, -0.1) is 14.8 Å². The summed E-state index contributed by atoms with van der Waals surface area (Å²) in [6.45, 7) is 6.52. The van der Waals surface area contributed by atoms with Crippen LogP contribution in [0, 0.1) is 6.92 Å². The molecule has 5 rings (SSSR count). The highest BCUT2D eigenvalue weighted by Gasteiger charge is 2.32. The summed E-state index contributed by atoms with van der Waals surface area (Å²) in [7, 11) is 0. The van der Waals surface area contributed by atoms with E-state index in [4.69, 9.17) is 9.47 Å². The molecule has 3 heterocycles. The summed E-state index contributed by atoms with van der Waals surface area (Å²) in [5.41, 5.74) is 3.26. The van der Waals surface area contributed by atoms with Gasteiger partial charge in [0.05, 0.1) is 0 Å². The summed E-state index contributed by atoms with van der Waals surface area (Å²) in [6.07, 6.45) is 0.879. The van der Waals surface area contributed by atoms with Crippen LogP contribution in [-0.4, -0.2) is 25.4 Å². The highest BCUT2D eigenvalue weighted by molar-refractivity contribution is 7.19. The molecule has 0 radical (unpaired) electrons. The SMILES string of the molecule is Cc1ccccc1-c1nn2nc(COc3cccc4c3OC(C)(C)C4)nc2s1. The lowest BCUT2D eigenvalue weighted by atomic mass is 10.0. The third-order valence-electron chi connectivity index (χ3n) is 4.77. The van der Waals surface area contributed by atoms with Crippen LogP contribution in [0.5, 0.6) is 11.5 Å². The zero-order valence-corrected chi connectivity index (χ0v) is 16.8. The minimum absolute atomic E-state index is 0.201. The molecule has 0 N–H and O–H groups in total. The number of aryl methyl sites for hydroxylation is 1. The summed E-state index contributed by atoms with van der Waals surface area (Å²) in [5.74, 6) is 2.16. The van der Waals surface area contributed by atoms with Gasteiger partial charge >= 0.3 is 0 Å². The molecular weight excluding hydrogens is 372 g/mol. The highest BCUT2D eigenvalue weighted by atomic mass is 32.1. The van der Waals surface area contributed by atoms with Crippen LogP contribution in [0.2, 0.25) is 0 Å². The normalized spacial score (nSPS) is 14.8. The van der Waals surface area contributed by atoms with Crippen LogP contribution in [-0.2, 0) is 13.0 Å². The number of fused-ring (bicyclic) bond motifs is 2. The molecule has 0 unspecified atom stereocenters. The van der Waals surface area contributed by atoms with Crippen molar-refractivity contribution in [2.45, 2.75) is 39.4 Å². The van der Waals surface area contributed by atoms with Crippen LogP contribution in [0.1, 0.15) is 30.8 Å². The molecule has 0 aliphatic carbocycles. The van der Waals surface area contributed by atoms with Crippen molar-refractivity contribution in [2.24, 2.45) is 0 Å². The highest BCUT2D eigenvalue weighted by Crippen LogP contribution is 2.42. The molecule has 0 saturated heterocycles. The number of hydrogen-bond donors (Lipinski definition) is 0. The fraction of sp³-hybridized carbons (Fsp3) is 0.286. The lowest BCUT2D eigenvalue weighted by Gasteiger charge is -2.18. The van der Waals surface area contributed by atoms with E-state index < -0.39 is 0 Å². The lowest BCUT2D eigenvalue weighted by Crippen LogP contribution is -2.24. The molecular formula is C21H20N4O2S. The van der Waals surface area contributed by atoms with Crippen molar-refractivity contribution in [2.75, 3.05) is 0 Å². The van der Waals surface area contributed by atoms with Crippen molar-refractivity contribution in [1.82, 2.24) is 19.8 Å². The summed E-state index contributed by atoms with van der Waals surface area (Å²) in [6, 6.07) is 14.2. The zero-order chi connectivity index (χ0) is 19.3. The topological polar surface area (TPSA) is 61.5 Å². The van der Waals surface area contributed by atoms with Gasteiger partial charge in [0, 0.05) is 17.5 Å². The molecule has 0 spiro atoms. The van der Waals surface area contributed by atoms with Gasteiger partial charge in [0.1, 0.15) is 17.2 Å². The molecule has 0 saturated carbocycles. The smallest absolute Gasteiger partial charge is 0.233 e. The van der Waals surface area contributed by atoms with Crippen LogP contribution >= 0.6 is 11.3 Å². The Balaban J connectivity index is 1.36. The van der Waals surface area contributed by atoms with Gasteiger partial charge in [-0.1, -0.05) is 47.7 Å². The second-order valence-corrected chi connectivity index (χ2v) is 8.55. The third kappa shape index (κ3) is 3.01. The number of rotatable bonds is 4. The lowest BCUT2D eigenvalue weighted by molar-refractivity contribution is 0.131. The molecule has 0 bridgehead atoms. The van der Waals surface area contributed by atoms with Crippen LogP contribution in [0.4, 0.5) is 0 Å². The Hall–Kier alpha value is -2.93. The monoisotopic (exact) mass is 392 g/mol. The summed E-state index contributed by atoms with van der Waals surface area (Å²) in [5, 5.41) is 9.96. The Morgan fingerprint density at radius 3 is 2.82 bits per heavy atom. The van der Waals surface area contributed by atoms with E-state index in [2.05, 4.69) is 54.2 Å². The summed E-state index contributed by atoms with van der Waals surface area (Å²) in [4.78, 5) is 5.32. The second kappa shape index (κ2) is 6.31. The van der Waals surface area contributed by atoms with Gasteiger partial charge < -0.3 is 9.47 Å². The van der Waals surface area contributed by atoms with E-state index in [9.17, 15) is 0 Å². The Bertz CT molecular complexity index is 1150. The first-order chi connectivity index (χ1) is 13.5. The van der Waals surface area contributed by atoms with Crippen molar-refractivity contribution in [3.05, 3.63) is 59.4 Å². The van der Waals surface area contributed by atoms with Gasteiger partial charge in [-0.2, -0.15) is 4.98 Å². The molecule has 1 aliphatic rings. The van der Waals surface area contributed by atoms with Crippen LogP contribution in [0.25, 0.3) is 15.5 Å². The van der Waals surface area contributed by atoms with Crippen molar-refractivity contribution >= 4 is 16.3 Å². The largest absolute Gasteiger partial charge is 0.483 e. The standard InChI is InChI=1S/C21H20N4O2S/c1-13-7-4-5-9-15(13)19-24-25-20(28-19)22-17(23-25)12-26-16-10-6-8-14-11-21(2,3)27-18(14)16/h4-10H,11-12H2,1-3H3. The molecule has 6 nitrogen and oxygen atoms in total. The zero-order valence-electron chi connectivity index (χ0n) is 16.0. The molecule has 0 atom stereocenters. The number of nitrogens with zero attached hydrogens (tertiary/aromatic N) is 4. The predicted molar refractivity (Wildman–Crippen MR) is 108 cm³/mol. The maximum Gasteiger partial charge on any atom is 0.233 e. The van der Waals surface area contributed by atoms with Gasteiger partial charge in [0.15, 0.2) is 17.3 Å². The molecule has 2 aromatic heterocycles. The molecule has 4 aromatic rings. The molecule has 2 aromatic carbocycles. The van der Waals surface area contributed by atoms with E-state index in [1.54, 1.807) is 4.63 Å². The van der Waals surface area contributed by atoms with E-state index in [0.717, 1.165) is 33.5 Å². The van der Waals surface area contributed by atoms with Gasteiger partial charge in [0.2, 0.25) is 4.96 Å². The molecule has 142 valence electrons. The average Bonchev–Trinajstić information content (AvgIpc) is 3.29. The number of benzene rings is 2. The fourth-order valence-electron chi connectivity index (χ4n) is 3.48. The van der Waals surface area contributed by atoms with Crippen LogP contribution in [0.3, 0.4) is 0 Å². The molecule has 0 fully saturated rings. The first-order valence-electron chi connectivity index (χ1n) is 9.21. The van der Waals surface area contributed by atoms with E-state index in [-0.39, 0.29) is 12.2 Å². The number of aromatic nitrogens is 4. The Kier molecular flexibility index (Phi) is 3.87. The number of hydrogen-bond acceptors (Lipinski definition) is 6. The Morgan fingerprint density at radius 2 is 2.00 bits per heavy atom. The van der Waals surface area contributed by atoms with Gasteiger partial charge in [0.25, 0.3) is 0 Å². The van der Waals surface area contributed by atoms with Crippen LogP contribution in [0.15, 0.2) is 42.5 Å². The fourth-order valence-corrected chi connectivity index (χ4v) is 4.42. The van der Waals surface area contributed by atoms with E-state index >= 15 is 0 Å². The maximum atomic E-state index is 6.05. The minimum Gasteiger partial charge on any atom is -0.483 e. The van der Waals surface area contributed by atoms with Gasteiger partial charge in [-0.25, -0.2) is 0 Å². The molecule has 7 heteroatoms. The van der Waals surface area contributed by atoms with Crippen molar-refractivity contribution in [3.8, 4) is 22.1 Å². The summed E-state index contributed by atoms with van der Waals surface area (Å²) < 4.78 is 13.6. The first-order valence-corrected chi connectivity index (χ1v) is 10.0. The number of ether oxygens (including phenoxy) is 2. The minimum atomic E-state index is -0.201. The molecule has 28 heavy (non-hydrogen) atoms.